The summed E-state index contributed by atoms with van der Waals surface area (Å²) < 4.78 is 75.8. The van der Waals surface area contributed by atoms with E-state index < -0.39 is 25.9 Å². The summed E-state index contributed by atoms with van der Waals surface area (Å²) in [6, 6.07) is 6.97. The fourth-order valence-corrected chi connectivity index (χ4v) is 3.80. The van der Waals surface area contributed by atoms with E-state index in [4.69, 9.17) is 9.47 Å². The number of hydrogen-bond acceptors (Lipinski definition) is 6. The molecule has 0 amide bonds. The Morgan fingerprint density at radius 2 is 1.64 bits per heavy atom. The van der Waals surface area contributed by atoms with Crippen molar-refractivity contribution in [3.8, 4) is 11.5 Å². The summed E-state index contributed by atoms with van der Waals surface area (Å²) >= 11 is 0. The van der Waals surface area contributed by atoms with Crippen molar-refractivity contribution in [2.45, 2.75) is 4.90 Å². The third-order valence-corrected chi connectivity index (χ3v) is 5.13. The van der Waals surface area contributed by atoms with Crippen molar-refractivity contribution in [1.29, 1.82) is 0 Å². The summed E-state index contributed by atoms with van der Waals surface area (Å²) in [6.45, 7) is -0.0153. The number of hydrogen-bond donors (Lipinski definition) is 2. The molecule has 2 aromatic carbocycles. The first-order valence-corrected chi connectivity index (χ1v) is 10.2. The van der Waals surface area contributed by atoms with E-state index in [-0.39, 0.29) is 28.8 Å². The topological polar surface area (TPSA) is 111 Å². The van der Waals surface area contributed by atoms with Crippen molar-refractivity contribution in [2.75, 3.05) is 22.5 Å². The number of fused-ring (bicyclic) bond motifs is 1. The lowest BCUT2D eigenvalue weighted by molar-refractivity contribution is 0.174. The molecule has 2 N–H and O–H groups in total. The molecule has 1 aliphatic rings. The molecule has 134 valence electrons. The van der Waals surface area contributed by atoms with Crippen molar-refractivity contribution in [1.82, 2.24) is 0 Å². The van der Waals surface area contributed by atoms with Gasteiger partial charge in [0.1, 0.15) is 5.82 Å². The Kier molecular flexibility index (Phi) is 4.21. The van der Waals surface area contributed by atoms with Crippen LogP contribution in [0, 0.1) is 5.82 Å². The molecule has 25 heavy (non-hydrogen) atoms. The summed E-state index contributed by atoms with van der Waals surface area (Å²) in [6.07, 6.45) is 0.895. The van der Waals surface area contributed by atoms with Crippen molar-refractivity contribution in [3.63, 3.8) is 0 Å². The molecule has 1 heterocycles. The number of benzene rings is 2. The Labute approximate surface area is 143 Å². The maximum Gasteiger partial charge on any atom is 0.262 e. The number of halogens is 1. The third-order valence-electron chi connectivity index (χ3n) is 3.18. The number of anilines is 2. The molecule has 0 fully saturated rings. The Morgan fingerprint density at radius 1 is 0.920 bits per heavy atom. The van der Waals surface area contributed by atoms with E-state index in [2.05, 4.69) is 9.44 Å². The predicted octanol–water partition coefficient (Wildman–Crippen LogP) is 1.73. The second kappa shape index (κ2) is 6.08. The van der Waals surface area contributed by atoms with Crippen LogP contribution in [0.15, 0.2) is 41.3 Å². The van der Waals surface area contributed by atoms with Crippen molar-refractivity contribution >= 4 is 31.4 Å². The van der Waals surface area contributed by atoms with Gasteiger partial charge in [-0.05, 0) is 24.3 Å². The molecule has 0 radical (unpaired) electrons. The maximum atomic E-state index is 13.5. The summed E-state index contributed by atoms with van der Waals surface area (Å²) in [4.78, 5) is -0.147. The van der Waals surface area contributed by atoms with Gasteiger partial charge in [0.05, 0.1) is 22.5 Å². The molecule has 11 heteroatoms. The van der Waals surface area contributed by atoms with E-state index in [0.29, 0.717) is 5.75 Å². The van der Waals surface area contributed by atoms with Gasteiger partial charge < -0.3 is 9.47 Å². The quantitative estimate of drug-likeness (QED) is 0.807. The van der Waals surface area contributed by atoms with Crippen LogP contribution in [-0.4, -0.2) is 29.9 Å². The van der Waals surface area contributed by atoms with Gasteiger partial charge in [0.25, 0.3) is 10.0 Å². The molecule has 0 aromatic heterocycles. The maximum absolute atomic E-state index is 13.5. The fraction of sp³-hybridized carbons (Fsp3) is 0.143. The summed E-state index contributed by atoms with van der Waals surface area (Å²) in [5.74, 6) is -0.0665. The van der Waals surface area contributed by atoms with Gasteiger partial charge in [-0.3, -0.25) is 9.44 Å². The molecule has 8 nitrogen and oxygen atoms in total. The van der Waals surface area contributed by atoms with E-state index >= 15 is 0 Å². The molecular weight excluding hydrogens is 375 g/mol. The SMILES string of the molecule is CS(=O)(=O)Nc1ccc(F)cc1NS(=O)(=O)c1ccc2c(c1)OCO2. The van der Waals surface area contributed by atoms with Gasteiger partial charge in [-0.1, -0.05) is 0 Å². The molecule has 0 bridgehead atoms. The van der Waals surface area contributed by atoms with Crippen LogP contribution >= 0.6 is 0 Å². The van der Waals surface area contributed by atoms with Gasteiger partial charge in [-0.25, -0.2) is 21.2 Å². The van der Waals surface area contributed by atoms with E-state index in [0.717, 1.165) is 24.5 Å². The van der Waals surface area contributed by atoms with Crippen LogP contribution < -0.4 is 18.9 Å². The standard InChI is InChI=1S/C14H13FN2O6S2/c1-24(18,19)16-11-4-2-9(15)6-12(11)17-25(20,21)10-3-5-13-14(7-10)23-8-22-13/h2-7,16-17H,8H2,1H3. The summed E-state index contributed by atoms with van der Waals surface area (Å²) in [7, 11) is -7.80. The van der Waals surface area contributed by atoms with Crippen molar-refractivity contribution in [3.05, 3.63) is 42.2 Å². The van der Waals surface area contributed by atoms with Crippen molar-refractivity contribution < 1.29 is 30.7 Å². The summed E-state index contributed by atoms with van der Waals surface area (Å²) in [5.41, 5.74) is -0.351. The van der Waals surface area contributed by atoms with E-state index in [1.165, 1.54) is 18.2 Å². The molecule has 1 aliphatic heterocycles. The van der Waals surface area contributed by atoms with Crippen LogP contribution in [0.25, 0.3) is 0 Å². The lowest BCUT2D eigenvalue weighted by Gasteiger charge is -2.13. The number of ether oxygens (including phenoxy) is 2. The van der Waals surface area contributed by atoms with Crippen molar-refractivity contribution in [2.24, 2.45) is 0 Å². The molecular formula is C14H13FN2O6S2. The first-order valence-electron chi connectivity index (χ1n) is 6.84. The highest BCUT2D eigenvalue weighted by Gasteiger charge is 2.22. The molecule has 0 aliphatic carbocycles. The minimum atomic E-state index is -4.12. The van der Waals surface area contributed by atoms with Gasteiger partial charge >= 0.3 is 0 Å². The normalized spacial score (nSPS) is 13.5. The average molecular weight is 388 g/mol. The van der Waals surface area contributed by atoms with Gasteiger partial charge in [-0.2, -0.15) is 0 Å². The highest BCUT2D eigenvalue weighted by atomic mass is 32.2. The molecule has 2 aromatic rings. The Balaban J connectivity index is 1.97. The monoisotopic (exact) mass is 388 g/mol. The second-order valence-electron chi connectivity index (χ2n) is 5.18. The zero-order valence-corrected chi connectivity index (χ0v) is 14.4. The first-order chi connectivity index (χ1) is 11.6. The largest absolute Gasteiger partial charge is 0.454 e. The van der Waals surface area contributed by atoms with Crippen LogP contribution in [0.5, 0.6) is 11.5 Å². The highest BCUT2D eigenvalue weighted by molar-refractivity contribution is 7.93. The minimum absolute atomic E-state index is 0.0153. The molecule has 0 spiro atoms. The number of rotatable bonds is 5. The molecule has 0 saturated heterocycles. The smallest absolute Gasteiger partial charge is 0.262 e. The van der Waals surface area contributed by atoms with Gasteiger partial charge in [0.2, 0.25) is 16.8 Å². The van der Waals surface area contributed by atoms with E-state index in [1.54, 1.807) is 0 Å². The van der Waals surface area contributed by atoms with Gasteiger partial charge in [0, 0.05) is 12.1 Å². The van der Waals surface area contributed by atoms with Crippen LogP contribution in [0.1, 0.15) is 0 Å². The molecule has 0 atom stereocenters. The van der Waals surface area contributed by atoms with Crippen LogP contribution in [0.2, 0.25) is 0 Å². The fourth-order valence-electron chi connectivity index (χ4n) is 2.14. The van der Waals surface area contributed by atoms with Gasteiger partial charge in [-0.15, -0.1) is 0 Å². The number of sulfonamides is 2. The van der Waals surface area contributed by atoms with Gasteiger partial charge in [0.15, 0.2) is 11.5 Å². The second-order valence-corrected chi connectivity index (χ2v) is 8.62. The first kappa shape index (κ1) is 17.3. The molecule has 0 saturated carbocycles. The van der Waals surface area contributed by atoms with E-state index in [9.17, 15) is 21.2 Å². The molecule has 3 rings (SSSR count). The highest BCUT2D eigenvalue weighted by Crippen LogP contribution is 2.35. The predicted molar refractivity (Wildman–Crippen MR) is 88.2 cm³/mol. The van der Waals surface area contributed by atoms with E-state index in [1.807, 2.05) is 0 Å². The van der Waals surface area contributed by atoms with Crippen LogP contribution in [0.3, 0.4) is 0 Å². The minimum Gasteiger partial charge on any atom is -0.454 e. The van der Waals surface area contributed by atoms with Crippen LogP contribution in [-0.2, 0) is 20.0 Å². The Hall–Kier alpha value is -2.53. The summed E-state index contributed by atoms with van der Waals surface area (Å²) in [5, 5.41) is 0. The molecule has 0 unspecified atom stereocenters. The third kappa shape index (κ3) is 3.94. The van der Waals surface area contributed by atoms with Crippen LogP contribution in [0.4, 0.5) is 15.8 Å². The zero-order chi connectivity index (χ0) is 18.2. The lowest BCUT2D eigenvalue weighted by Crippen LogP contribution is -2.16. The lowest BCUT2D eigenvalue weighted by atomic mass is 10.3. The zero-order valence-electron chi connectivity index (χ0n) is 12.8. The Bertz CT molecular complexity index is 1040. The number of nitrogens with one attached hydrogen (secondary N) is 2. The average Bonchev–Trinajstić information content (AvgIpc) is 2.96. The Morgan fingerprint density at radius 3 is 2.36 bits per heavy atom.